The number of amides is 2. The van der Waals surface area contributed by atoms with Crippen LogP contribution in [0.25, 0.3) is 0 Å². The highest BCUT2D eigenvalue weighted by Crippen LogP contribution is 2.27. The van der Waals surface area contributed by atoms with E-state index in [1.54, 1.807) is 42.5 Å². The SMILES string of the molecule is N#CCC(=O)NCc1ccccc1NC(=O)COc1ccc(Cl)cc1Cl. The molecule has 2 rings (SSSR count). The Bertz CT molecular complexity index is 850. The topological polar surface area (TPSA) is 91.2 Å². The molecule has 26 heavy (non-hydrogen) atoms. The van der Waals surface area contributed by atoms with Gasteiger partial charge in [0.1, 0.15) is 12.2 Å². The maximum Gasteiger partial charge on any atom is 0.262 e. The second kappa shape index (κ2) is 9.66. The maximum absolute atomic E-state index is 12.1. The number of nitrogens with one attached hydrogen (secondary N) is 2. The number of halogens is 2. The smallest absolute Gasteiger partial charge is 0.262 e. The number of hydrogen-bond donors (Lipinski definition) is 2. The van der Waals surface area contributed by atoms with Gasteiger partial charge in [-0.15, -0.1) is 0 Å². The van der Waals surface area contributed by atoms with Gasteiger partial charge in [0.2, 0.25) is 5.91 Å². The molecule has 2 amide bonds. The fourth-order valence-electron chi connectivity index (χ4n) is 2.05. The summed E-state index contributed by atoms with van der Waals surface area (Å²) in [5, 5.41) is 14.6. The van der Waals surface area contributed by atoms with Crippen LogP contribution < -0.4 is 15.4 Å². The number of carbonyl (C=O) groups excluding carboxylic acids is 2. The number of anilines is 1. The minimum Gasteiger partial charge on any atom is -0.482 e. The van der Waals surface area contributed by atoms with E-state index in [-0.39, 0.29) is 31.4 Å². The molecule has 0 unspecified atom stereocenters. The number of benzene rings is 2. The fourth-order valence-corrected chi connectivity index (χ4v) is 2.51. The maximum atomic E-state index is 12.1. The first-order chi connectivity index (χ1) is 12.5. The second-order valence-electron chi connectivity index (χ2n) is 5.18. The lowest BCUT2D eigenvalue weighted by atomic mass is 10.1. The highest BCUT2D eigenvalue weighted by molar-refractivity contribution is 6.35. The van der Waals surface area contributed by atoms with Crippen molar-refractivity contribution in [3.05, 3.63) is 58.1 Å². The highest BCUT2D eigenvalue weighted by Gasteiger charge is 2.10. The van der Waals surface area contributed by atoms with Gasteiger partial charge >= 0.3 is 0 Å². The van der Waals surface area contributed by atoms with Gasteiger partial charge in [0.25, 0.3) is 5.91 Å². The lowest BCUT2D eigenvalue weighted by molar-refractivity contribution is -0.120. The molecular weight excluding hydrogens is 377 g/mol. The molecule has 0 saturated heterocycles. The van der Waals surface area contributed by atoms with Crippen LogP contribution in [0.2, 0.25) is 10.0 Å². The van der Waals surface area contributed by atoms with E-state index in [9.17, 15) is 9.59 Å². The Balaban J connectivity index is 1.94. The Morgan fingerprint density at radius 1 is 1.12 bits per heavy atom. The molecule has 6 nitrogen and oxygen atoms in total. The van der Waals surface area contributed by atoms with E-state index >= 15 is 0 Å². The van der Waals surface area contributed by atoms with E-state index in [1.165, 1.54) is 6.07 Å². The van der Waals surface area contributed by atoms with Crippen molar-refractivity contribution in [2.24, 2.45) is 0 Å². The Kier molecular flexibility index (Phi) is 7.27. The van der Waals surface area contributed by atoms with Gasteiger partial charge in [-0.25, -0.2) is 0 Å². The van der Waals surface area contributed by atoms with E-state index in [0.29, 0.717) is 27.0 Å². The predicted octanol–water partition coefficient (Wildman–Crippen LogP) is 3.54. The Morgan fingerprint density at radius 3 is 2.62 bits per heavy atom. The zero-order chi connectivity index (χ0) is 18.9. The molecule has 0 aromatic heterocycles. The Labute approximate surface area is 160 Å². The van der Waals surface area contributed by atoms with Gasteiger partial charge in [-0.05, 0) is 29.8 Å². The molecule has 0 fully saturated rings. The first kappa shape index (κ1) is 19.6. The van der Waals surface area contributed by atoms with Crippen molar-refractivity contribution >= 4 is 40.7 Å². The minimum absolute atomic E-state index is 0.195. The van der Waals surface area contributed by atoms with Crippen LogP contribution >= 0.6 is 23.2 Å². The summed E-state index contributed by atoms with van der Waals surface area (Å²) in [6, 6.07) is 13.5. The van der Waals surface area contributed by atoms with Crippen LogP contribution in [-0.2, 0) is 16.1 Å². The molecule has 0 radical (unpaired) electrons. The molecule has 0 aliphatic rings. The van der Waals surface area contributed by atoms with E-state index < -0.39 is 0 Å². The molecule has 0 atom stereocenters. The van der Waals surface area contributed by atoms with Gasteiger partial charge in [-0.3, -0.25) is 9.59 Å². The summed E-state index contributed by atoms with van der Waals surface area (Å²) in [7, 11) is 0. The van der Waals surface area contributed by atoms with Crippen LogP contribution in [0.15, 0.2) is 42.5 Å². The fraction of sp³-hybridized carbons (Fsp3) is 0.167. The van der Waals surface area contributed by atoms with Gasteiger partial charge in [0.15, 0.2) is 6.61 Å². The quantitative estimate of drug-likeness (QED) is 0.754. The third kappa shape index (κ3) is 5.96. The number of nitriles is 1. The molecule has 2 aromatic rings. The van der Waals surface area contributed by atoms with Crippen molar-refractivity contribution in [2.45, 2.75) is 13.0 Å². The standard InChI is InChI=1S/C18H15Cl2N3O3/c19-13-5-6-16(14(20)9-13)26-11-18(25)23-15-4-2-1-3-12(15)10-22-17(24)7-8-21/h1-6,9H,7,10-11H2,(H,22,24)(H,23,25). The lowest BCUT2D eigenvalue weighted by Crippen LogP contribution is -2.24. The summed E-state index contributed by atoms with van der Waals surface area (Å²) in [5.41, 5.74) is 1.25. The van der Waals surface area contributed by atoms with Crippen LogP contribution in [-0.4, -0.2) is 18.4 Å². The number of hydrogen-bond acceptors (Lipinski definition) is 4. The van der Waals surface area contributed by atoms with Crippen LogP contribution in [0.3, 0.4) is 0 Å². The Morgan fingerprint density at radius 2 is 1.88 bits per heavy atom. The second-order valence-corrected chi connectivity index (χ2v) is 6.02. The molecule has 0 saturated carbocycles. The van der Waals surface area contributed by atoms with Crippen molar-refractivity contribution in [3.8, 4) is 11.8 Å². The van der Waals surface area contributed by atoms with Crippen molar-refractivity contribution in [3.63, 3.8) is 0 Å². The third-order valence-corrected chi connectivity index (χ3v) is 3.79. The summed E-state index contributed by atoms with van der Waals surface area (Å²) >= 11 is 11.8. The van der Waals surface area contributed by atoms with Crippen LogP contribution in [0, 0.1) is 11.3 Å². The lowest BCUT2D eigenvalue weighted by Gasteiger charge is -2.12. The Hall–Kier alpha value is -2.75. The molecule has 0 heterocycles. The molecule has 0 aliphatic carbocycles. The zero-order valence-corrected chi connectivity index (χ0v) is 15.1. The van der Waals surface area contributed by atoms with Gasteiger partial charge in [-0.1, -0.05) is 41.4 Å². The van der Waals surface area contributed by atoms with Crippen LogP contribution in [0.5, 0.6) is 5.75 Å². The van der Waals surface area contributed by atoms with Gasteiger partial charge < -0.3 is 15.4 Å². The molecule has 0 spiro atoms. The normalized spacial score (nSPS) is 9.88. The first-order valence-corrected chi connectivity index (χ1v) is 8.34. The van der Waals surface area contributed by atoms with Gasteiger partial charge in [0.05, 0.1) is 11.1 Å². The van der Waals surface area contributed by atoms with Crippen LogP contribution in [0.4, 0.5) is 5.69 Å². The number of para-hydroxylation sites is 1. The van der Waals surface area contributed by atoms with Gasteiger partial charge in [-0.2, -0.15) is 5.26 Å². The zero-order valence-electron chi connectivity index (χ0n) is 13.6. The average Bonchev–Trinajstić information content (AvgIpc) is 2.60. The van der Waals surface area contributed by atoms with E-state index in [4.69, 9.17) is 33.2 Å². The molecule has 2 N–H and O–H groups in total. The van der Waals surface area contributed by atoms with Crippen molar-refractivity contribution < 1.29 is 14.3 Å². The van der Waals surface area contributed by atoms with E-state index in [1.807, 2.05) is 0 Å². The predicted molar refractivity (Wildman–Crippen MR) is 99.1 cm³/mol. The molecule has 0 bridgehead atoms. The number of nitrogens with zero attached hydrogens (tertiary/aromatic N) is 1. The summed E-state index contributed by atoms with van der Waals surface area (Å²) in [6.07, 6.45) is -0.218. The summed E-state index contributed by atoms with van der Waals surface area (Å²) in [4.78, 5) is 23.5. The molecule has 8 heteroatoms. The first-order valence-electron chi connectivity index (χ1n) is 7.59. The minimum atomic E-state index is -0.383. The molecule has 134 valence electrons. The number of ether oxygens (including phenoxy) is 1. The van der Waals surface area contributed by atoms with E-state index in [0.717, 1.165) is 0 Å². The van der Waals surface area contributed by atoms with Crippen molar-refractivity contribution in [2.75, 3.05) is 11.9 Å². The van der Waals surface area contributed by atoms with Gasteiger partial charge in [0, 0.05) is 17.3 Å². The van der Waals surface area contributed by atoms with E-state index in [2.05, 4.69) is 10.6 Å². The van der Waals surface area contributed by atoms with Crippen molar-refractivity contribution in [1.29, 1.82) is 5.26 Å². The summed E-state index contributed by atoms with van der Waals surface area (Å²) in [6.45, 7) is -0.0443. The average molecular weight is 392 g/mol. The highest BCUT2D eigenvalue weighted by atomic mass is 35.5. The molecule has 0 aliphatic heterocycles. The largest absolute Gasteiger partial charge is 0.482 e. The van der Waals surface area contributed by atoms with Crippen molar-refractivity contribution in [1.82, 2.24) is 5.32 Å². The van der Waals surface area contributed by atoms with Crippen LogP contribution in [0.1, 0.15) is 12.0 Å². The number of rotatable bonds is 7. The monoisotopic (exact) mass is 391 g/mol. The molecule has 2 aromatic carbocycles. The summed E-state index contributed by atoms with van der Waals surface area (Å²) in [5.74, 6) is -0.413. The number of carbonyl (C=O) groups is 2. The summed E-state index contributed by atoms with van der Waals surface area (Å²) < 4.78 is 5.39. The molecular formula is C18H15Cl2N3O3. The third-order valence-electron chi connectivity index (χ3n) is 3.26.